The van der Waals surface area contributed by atoms with E-state index in [0.717, 1.165) is 12.8 Å². The molecule has 0 aromatic rings. The van der Waals surface area contributed by atoms with Gasteiger partial charge in [-0.05, 0) is 25.2 Å². The number of amides is 1. The first kappa shape index (κ1) is 16.3. The normalized spacial score (nSPS) is 21.1. The zero-order valence-corrected chi connectivity index (χ0v) is 12.1. The second kappa shape index (κ2) is 7.17. The van der Waals surface area contributed by atoms with Crippen molar-refractivity contribution < 1.29 is 18.4 Å². The van der Waals surface area contributed by atoms with Crippen molar-refractivity contribution in [2.45, 2.75) is 58.3 Å². The van der Waals surface area contributed by atoms with Crippen LogP contribution < -0.4 is 0 Å². The molecule has 1 atom stereocenters. The van der Waals surface area contributed by atoms with E-state index in [1.165, 1.54) is 5.06 Å². The maximum Gasteiger partial charge on any atom is 0.248 e. The van der Waals surface area contributed by atoms with Crippen LogP contribution in [0.4, 0.5) is 8.78 Å². The van der Waals surface area contributed by atoms with Crippen LogP contribution in [0, 0.1) is 11.8 Å². The Bertz CT molecular complexity index is 287. The van der Waals surface area contributed by atoms with E-state index in [4.69, 9.17) is 4.84 Å². The number of hydrogen-bond donors (Lipinski definition) is 0. The van der Waals surface area contributed by atoms with Gasteiger partial charge in [-0.25, -0.2) is 13.8 Å². The zero-order chi connectivity index (χ0) is 14.5. The van der Waals surface area contributed by atoms with Gasteiger partial charge in [-0.1, -0.05) is 20.3 Å². The molecule has 0 spiro atoms. The Balaban J connectivity index is 2.29. The third kappa shape index (κ3) is 5.43. The number of hydrogen-bond acceptors (Lipinski definition) is 2. The molecule has 0 radical (unpaired) electrons. The maximum atomic E-state index is 13.0. The minimum absolute atomic E-state index is 0.167. The first-order valence-corrected chi connectivity index (χ1v) is 7.14. The van der Waals surface area contributed by atoms with Gasteiger partial charge in [0.05, 0.1) is 6.61 Å². The van der Waals surface area contributed by atoms with Gasteiger partial charge in [-0.15, -0.1) is 0 Å². The number of hydroxylamine groups is 2. The van der Waals surface area contributed by atoms with Gasteiger partial charge in [0.2, 0.25) is 11.8 Å². The highest BCUT2D eigenvalue weighted by Crippen LogP contribution is 2.36. The van der Waals surface area contributed by atoms with Crippen LogP contribution in [0.15, 0.2) is 0 Å². The van der Waals surface area contributed by atoms with Gasteiger partial charge < -0.3 is 0 Å². The summed E-state index contributed by atoms with van der Waals surface area (Å²) >= 11 is 0. The number of carbonyl (C=O) groups is 1. The van der Waals surface area contributed by atoms with Crippen LogP contribution in [-0.2, 0) is 9.63 Å². The molecule has 1 amide bonds. The first-order valence-electron chi connectivity index (χ1n) is 7.14. The summed E-state index contributed by atoms with van der Waals surface area (Å²) in [6, 6.07) is 0. The van der Waals surface area contributed by atoms with E-state index in [9.17, 15) is 13.6 Å². The lowest BCUT2D eigenvalue weighted by atomic mass is 9.86. The lowest BCUT2D eigenvalue weighted by molar-refractivity contribution is -0.186. The van der Waals surface area contributed by atoms with Crippen LogP contribution in [0.1, 0.15) is 52.4 Å². The monoisotopic (exact) mass is 277 g/mol. The van der Waals surface area contributed by atoms with Gasteiger partial charge in [0.1, 0.15) is 0 Å². The molecular formula is C14H25F2NO2. The molecule has 0 aliphatic heterocycles. The standard InChI is InChI=1S/C14H25F2NO2/c1-4-11(2)7-10-19-17(3)13(18)12-5-8-14(15,16)9-6-12/h11-12H,4-10H2,1-3H3. The second-order valence-electron chi connectivity index (χ2n) is 5.60. The van der Waals surface area contributed by atoms with E-state index in [-0.39, 0.29) is 37.5 Å². The van der Waals surface area contributed by atoms with E-state index in [2.05, 4.69) is 13.8 Å². The summed E-state index contributed by atoms with van der Waals surface area (Å²) in [5.41, 5.74) is 0. The van der Waals surface area contributed by atoms with Gasteiger partial charge in [-0.3, -0.25) is 9.63 Å². The lowest BCUT2D eigenvalue weighted by Crippen LogP contribution is -2.37. The molecule has 19 heavy (non-hydrogen) atoms. The fourth-order valence-electron chi connectivity index (χ4n) is 2.20. The number of rotatable bonds is 6. The summed E-state index contributed by atoms with van der Waals surface area (Å²) in [4.78, 5) is 17.4. The molecule has 0 saturated heterocycles. The topological polar surface area (TPSA) is 29.5 Å². The molecule has 1 aliphatic rings. The van der Waals surface area contributed by atoms with Crippen LogP contribution in [0.5, 0.6) is 0 Å². The van der Waals surface area contributed by atoms with Crippen molar-refractivity contribution in [2.75, 3.05) is 13.7 Å². The Kier molecular flexibility index (Phi) is 6.17. The van der Waals surface area contributed by atoms with Crippen LogP contribution in [0.3, 0.4) is 0 Å². The van der Waals surface area contributed by atoms with Crippen LogP contribution in [0.25, 0.3) is 0 Å². The minimum atomic E-state index is -2.59. The molecular weight excluding hydrogens is 252 g/mol. The molecule has 1 aliphatic carbocycles. The average Bonchev–Trinajstić information content (AvgIpc) is 2.37. The maximum absolute atomic E-state index is 13.0. The summed E-state index contributed by atoms with van der Waals surface area (Å²) in [6.07, 6.45) is 2.11. The van der Waals surface area contributed by atoms with Gasteiger partial charge in [0.15, 0.2) is 0 Å². The second-order valence-corrected chi connectivity index (χ2v) is 5.60. The predicted molar refractivity (Wildman–Crippen MR) is 69.7 cm³/mol. The average molecular weight is 277 g/mol. The van der Waals surface area contributed by atoms with Crippen molar-refractivity contribution in [3.05, 3.63) is 0 Å². The van der Waals surface area contributed by atoms with Gasteiger partial charge in [-0.2, -0.15) is 0 Å². The quantitative estimate of drug-likeness (QED) is 0.694. The van der Waals surface area contributed by atoms with Crippen molar-refractivity contribution in [1.29, 1.82) is 0 Å². The molecule has 1 fully saturated rings. The highest BCUT2D eigenvalue weighted by molar-refractivity contribution is 5.77. The third-order valence-corrected chi connectivity index (χ3v) is 3.97. The molecule has 0 aromatic carbocycles. The predicted octanol–water partition coefficient (Wildman–Crippen LogP) is 3.64. The Morgan fingerprint density at radius 1 is 1.42 bits per heavy atom. The lowest BCUT2D eigenvalue weighted by Gasteiger charge is -2.29. The van der Waals surface area contributed by atoms with E-state index in [1.807, 2.05) is 0 Å². The Morgan fingerprint density at radius 3 is 2.53 bits per heavy atom. The van der Waals surface area contributed by atoms with Gasteiger partial charge in [0, 0.05) is 25.8 Å². The molecule has 0 bridgehead atoms. The fourth-order valence-corrected chi connectivity index (χ4v) is 2.20. The third-order valence-electron chi connectivity index (χ3n) is 3.97. The van der Waals surface area contributed by atoms with Gasteiger partial charge >= 0.3 is 0 Å². The molecule has 1 unspecified atom stereocenters. The summed E-state index contributed by atoms with van der Waals surface area (Å²) in [6.45, 7) is 4.75. The molecule has 0 heterocycles. The van der Waals surface area contributed by atoms with Crippen molar-refractivity contribution in [3.63, 3.8) is 0 Å². The van der Waals surface area contributed by atoms with Crippen molar-refractivity contribution in [1.82, 2.24) is 5.06 Å². The van der Waals surface area contributed by atoms with Gasteiger partial charge in [0.25, 0.3) is 0 Å². The Labute approximate surface area is 114 Å². The Hall–Kier alpha value is -0.710. The summed E-state index contributed by atoms with van der Waals surface area (Å²) < 4.78 is 26.0. The van der Waals surface area contributed by atoms with Crippen molar-refractivity contribution in [3.8, 4) is 0 Å². The number of alkyl halides is 2. The van der Waals surface area contributed by atoms with E-state index < -0.39 is 5.92 Å². The number of halogens is 2. The minimum Gasteiger partial charge on any atom is -0.272 e. The summed E-state index contributed by atoms with van der Waals surface area (Å²) in [7, 11) is 1.58. The molecule has 112 valence electrons. The number of nitrogens with zero attached hydrogens (tertiary/aromatic N) is 1. The SMILES string of the molecule is CCC(C)CCON(C)C(=O)C1CCC(F)(F)CC1. The van der Waals surface area contributed by atoms with E-state index in [0.29, 0.717) is 12.5 Å². The summed E-state index contributed by atoms with van der Waals surface area (Å²) in [5.74, 6) is -2.50. The molecule has 3 nitrogen and oxygen atoms in total. The zero-order valence-electron chi connectivity index (χ0n) is 12.1. The molecule has 0 N–H and O–H groups in total. The highest BCUT2D eigenvalue weighted by Gasteiger charge is 2.38. The molecule has 5 heteroatoms. The Morgan fingerprint density at radius 2 is 2.00 bits per heavy atom. The number of carbonyl (C=O) groups excluding carboxylic acids is 1. The summed E-state index contributed by atoms with van der Waals surface area (Å²) in [5, 5.41) is 1.23. The molecule has 1 saturated carbocycles. The smallest absolute Gasteiger partial charge is 0.248 e. The van der Waals surface area contributed by atoms with Crippen molar-refractivity contribution >= 4 is 5.91 Å². The van der Waals surface area contributed by atoms with Crippen LogP contribution >= 0.6 is 0 Å². The molecule has 0 aromatic heterocycles. The first-order chi connectivity index (χ1) is 8.85. The van der Waals surface area contributed by atoms with E-state index in [1.54, 1.807) is 7.05 Å². The molecule has 1 rings (SSSR count). The van der Waals surface area contributed by atoms with Crippen LogP contribution in [-0.4, -0.2) is 30.5 Å². The largest absolute Gasteiger partial charge is 0.272 e. The fraction of sp³-hybridized carbons (Fsp3) is 0.929. The van der Waals surface area contributed by atoms with E-state index >= 15 is 0 Å². The van der Waals surface area contributed by atoms with Crippen LogP contribution in [0.2, 0.25) is 0 Å². The van der Waals surface area contributed by atoms with Crippen molar-refractivity contribution in [2.24, 2.45) is 11.8 Å². The highest BCUT2D eigenvalue weighted by atomic mass is 19.3.